The van der Waals surface area contributed by atoms with E-state index in [9.17, 15) is 14.7 Å². The maximum Gasteiger partial charge on any atom is 0.254 e. The number of carbonyl (C=O) groups is 1. The molecule has 4 N–H and O–H groups in total. The molecule has 0 saturated heterocycles. The number of para-hydroxylation sites is 1. The first-order valence-corrected chi connectivity index (χ1v) is 15.4. The third kappa shape index (κ3) is 5.56. The van der Waals surface area contributed by atoms with E-state index < -0.39 is 0 Å². The number of nitrogens with one attached hydrogen (secondary N) is 3. The van der Waals surface area contributed by atoms with E-state index in [2.05, 4.69) is 40.1 Å². The number of hydrogen-bond acceptors (Lipinski definition) is 5. The highest BCUT2D eigenvalue weighted by atomic mass is 32.2. The van der Waals surface area contributed by atoms with Crippen LogP contribution in [-0.2, 0) is 6.54 Å². The molecule has 1 atom stereocenters. The van der Waals surface area contributed by atoms with E-state index in [4.69, 9.17) is 0 Å². The Labute approximate surface area is 235 Å². The quantitative estimate of drug-likeness (QED) is 0.288. The highest BCUT2D eigenvalue weighted by Gasteiger charge is 2.41. The summed E-state index contributed by atoms with van der Waals surface area (Å²) in [5, 5.41) is 17.6. The predicted molar refractivity (Wildman–Crippen MR) is 159 cm³/mol. The number of rotatable bonds is 8. The van der Waals surface area contributed by atoms with Crippen molar-refractivity contribution in [3.63, 3.8) is 0 Å². The van der Waals surface area contributed by atoms with Crippen LogP contribution in [0, 0.1) is 19.8 Å². The standard InChI is InChI=1S/C31H42N4O3S/c1-18-14-27(39-5)25(29(37)33-18)17-32-30(38)28-20(3)35(26-9-7-6-8-24(26)28)19(2)21-10-12-22(13-11-21)34-31(4)15-23(36)16-31/h6-9,14,19,21-23,34,36H,10-13,15-17H2,1-5H3,(H,32,38)(H,33,37)/t19-,21?,22?,23?,31?/m1/s1. The predicted octanol–water partition coefficient (Wildman–Crippen LogP) is 5.22. The average Bonchev–Trinajstić information content (AvgIpc) is 3.18. The van der Waals surface area contributed by atoms with Crippen molar-refractivity contribution in [2.75, 3.05) is 6.26 Å². The van der Waals surface area contributed by atoms with Crippen LogP contribution in [-0.4, -0.2) is 44.5 Å². The van der Waals surface area contributed by atoms with Gasteiger partial charge in [0.15, 0.2) is 0 Å². The number of carbonyl (C=O) groups excluding carboxylic acids is 1. The molecule has 39 heavy (non-hydrogen) atoms. The maximum atomic E-state index is 13.6. The molecule has 0 spiro atoms. The van der Waals surface area contributed by atoms with Crippen molar-refractivity contribution in [2.45, 2.75) is 101 Å². The molecule has 0 radical (unpaired) electrons. The molecular weight excluding hydrogens is 508 g/mol. The second kappa shape index (κ2) is 11.1. The molecule has 3 aromatic rings. The summed E-state index contributed by atoms with van der Waals surface area (Å²) in [5.41, 5.74) is 4.08. The summed E-state index contributed by atoms with van der Waals surface area (Å²) in [5.74, 6) is 0.383. The Kier molecular flexibility index (Phi) is 8.00. The zero-order chi connectivity index (χ0) is 27.9. The fraction of sp³-hybridized carbons (Fsp3) is 0.548. The molecule has 2 aliphatic carbocycles. The molecular formula is C31H42N4O3S. The van der Waals surface area contributed by atoms with Gasteiger partial charge in [0.25, 0.3) is 11.5 Å². The fourth-order valence-electron chi connectivity index (χ4n) is 7.04. The molecule has 1 amide bonds. The van der Waals surface area contributed by atoms with Crippen molar-refractivity contribution >= 4 is 28.6 Å². The SMILES string of the molecule is CSc1cc(C)[nH]c(=O)c1CNC(=O)c1c(C)n([C@H](C)C2CCC(NC3(C)CC(O)C3)CC2)c2ccccc12. The molecule has 2 aromatic heterocycles. The van der Waals surface area contributed by atoms with Gasteiger partial charge in [-0.05, 0) is 90.5 Å². The molecule has 7 nitrogen and oxygen atoms in total. The van der Waals surface area contributed by atoms with Crippen LogP contribution in [0.2, 0.25) is 0 Å². The minimum atomic E-state index is -0.153. The smallest absolute Gasteiger partial charge is 0.254 e. The number of nitrogens with zero attached hydrogens (tertiary/aromatic N) is 1. The van der Waals surface area contributed by atoms with E-state index in [1.807, 2.05) is 44.4 Å². The van der Waals surface area contributed by atoms with Crippen LogP contribution in [0.1, 0.15) is 85.7 Å². The number of aryl methyl sites for hydroxylation is 1. The highest BCUT2D eigenvalue weighted by molar-refractivity contribution is 7.98. The molecule has 5 rings (SSSR count). The van der Waals surface area contributed by atoms with Crippen LogP contribution >= 0.6 is 11.8 Å². The van der Waals surface area contributed by atoms with E-state index >= 15 is 0 Å². The molecule has 0 aliphatic heterocycles. The van der Waals surface area contributed by atoms with Gasteiger partial charge in [0, 0.05) is 56.9 Å². The Morgan fingerprint density at radius 1 is 1.21 bits per heavy atom. The molecule has 210 valence electrons. The first-order chi connectivity index (χ1) is 18.6. The van der Waals surface area contributed by atoms with Gasteiger partial charge in [-0.3, -0.25) is 9.59 Å². The van der Waals surface area contributed by atoms with Crippen LogP contribution in [0.15, 0.2) is 40.0 Å². The van der Waals surface area contributed by atoms with Gasteiger partial charge in [0.1, 0.15) is 0 Å². The van der Waals surface area contributed by atoms with Crippen molar-refractivity contribution in [1.29, 1.82) is 0 Å². The molecule has 2 heterocycles. The zero-order valence-electron chi connectivity index (χ0n) is 23.8. The summed E-state index contributed by atoms with van der Waals surface area (Å²) in [6.45, 7) is 8.62. The number of hydrogen-bond donors (Lipinski definition) is 4. The number of fused-ring (bicyclic) bond motifs is 1. The fourth-order valence-corrected chi connectivity index (χ4v) is 7.75. The summed E-state index contributed by atoms with van der Waals surface area (Å²) >= 11 is 1.52. The van der Waals surface area contributed by atoms with Crippen molar-refractivity contribution < 1.29 is 9.90 Å². The topological polar surface area (TPSA) is 99.2 Å². The lowest BCUT2D eigenvalue weighted by atomic mass is 9.74. The van der Waals surface area contributed by atoms with Gasteiger partial charge in [0.05, 0.1) is 11.7 Å². The van der Waals surface area contributed by atoms with Gasteiger partial charge in [0.2, 0.25) is 0 Å². The van der Waals surface area contributed by atoms with Crippen LogP contribution in [0.4, 0.5) is 0 Å². The zero-order valence-corrected chi connectivity index (χ0v) is 24.6. The third-order valence-electron chi connectivity index (χ3n) is 9.04. The lowest BCUT2D eigenvalue weighted by Crippen LogP contribution is -2.59. The normalized spacial score (nSPS) is 25.8. The van der Waals surface area contributed by atoms with Crippen molar-refractivity contribution in [2.24, 2.45) is 5.92 Å². The van der Waals surface area contributed by atoms with Crippen LogP contribution < -0.4 is 16.2 Å². The molecule has 2 fully saturated rings. The molecule has 1 aromatic carbocycles. The second-order valence-corrected chi connectivity index (χ2v) is 12.8. The van der Waals surface area contributed by atoms with Gasteiger partial charge in [-0.2, -0.15) is 0 Å². The van der Waals surface area contributed by atoms with Gasteiger partial charge in [-0.1, -0.05) is 18.2 Å². The first kappa shape index (κ1) is 28.0. The Hall–Kier alpha value is -2.55. The number of aliphatic hydroxyl groups excluding tert-OH is 1. The Balaban J connectivity index is 1.33. The van der Waals surface area contributed by atoms with Gasteiger partial charge >= 0.3 is 0 Å². The highest BCUT2D eigenvalue weighted by Crippen LogP contribution is 2.39. The van der Waals surface area contributed by atoms with Gasteiger partial charge < -0.3 is 25.3 Å². The number of aliphatic hydroxyl groups is 1. The average molecular weight is 551 g/mol. The van der Waals surface area contributed by atoms with E-state index in [1.54, 1.807) is 0 Å². The van der Waals surface area contributed by atoms with Crippen molar-refractivity contribution in [3.05, 3.63) is 63.2 Å². The lowest BCUT2D eigenvalue weighted by Gasteiger charge is -2.47. The third-order valence-corrected chi connectivity index (χ3v) is 9.85. The van der Waals surface area contributed by atoms with Crippen molar-refractivity contribution in [3.8, 4) is 0 Å². The summed E-state index contributed by atoms with van der Waals surface area (Å²) in [7, 11) is 0. The monoisotopic (exact) mass is 550 g/mol. The summed E-state index contributed by atoms with van der Waals surface area (Å²) in [6, 6.07) is 10.9. The maximum absolute atomic E-state index is 13.6. The number of benzene rings is 1. The summed E-state index contributed by atoms with van der Waals surface area (Å²) in [6.07, 6.45) is 8.03. The van der Waals surface area contributed by atoms with E-state index in [-0.39, 0.29) is 35.7 Å². The molecule has 8 heteroatoms. The number of aromatic amines is 1. The Bertz CT molecular complexity index is 1410. The molecule has 2 saturated carbocycles. The van der Waals surface area contributed by atoms with E-state index in [0.717, 1.165) is 65.7 Å². The first-order valence-electron chi connectivity index (χ1n) is 14.2. The Morgan fingerprint density at radius 3 is 2.56 bits per heavy atom. The number of amides is 1. The van der Waals surface area contributed by atoms with Crippen LogP contribution in [0.3, 0.4) is 0 Å². The van der Waals surface area contributed by atoms with Gasteiger partial charge in [-0.15, -0.1) is 11.8 Å². The van der Waals surface area contributed by atoms with Crippen LogP contribution in [0.25, 0.3) is 10.9 Å². The number of thioether (sulfide) groups is 1. The summed E-state index contributed by atoms with van der Waals surface area (Å²) < 4.78 is 2.36. The van der Waals surface area contributed by atoms with Crippen LogP contribution in [0.5, 0.6) is 0 Å². The number of pyridine rings is 1. The minimum absolute atomic E-state index is 0.0814. The largest absolute Gasteiger partial charge is 0.393 e. The Morgan fingerprint density at radius 2 is 1.90 bits per heavy atom. The van der Waals surface area contributed by atoms with E-state index in [0.29, 0.717) is 23.1 Å². The molecule has 0 bridgehead atoms. The van der Waals surface area contributed by atoms with Gasteiger partial charge in [-0.25, -0.2) is 0 Å². The summed E-state index contributed by atoms with van der Waals surface area (Å²) in [4.78, 5) is 30.0. The molecule has 2 aliphatic rings. The molecule has 0 unspecified atom stereocenters. The van der Waals surface area contributed by atoms with Crippen molar-refractivity contribution in [1.82, 2.24) is 20.2 Å². The number of aromatic nitrogens is 2. The minimum Gasteiger partial charge on any atom is -0.393 e. The second-order valence-electron chi connectivity index (χ2n) is 12.0. The lowest BCUT2D eigenvalue weighted by molar-refractivity contribution is 0.00155. The van der Waals surface area contributed by atoms with E-state index in [1.165, 1.54) is 11.8 Å². The number of H-pyrrole nitrogens is 1.